The molecule has 1 aliphatic rings. The van der Waals surface area contributed by atoms with Gasteiger partial charge in [-0.05, 0) is 48.9 Å². The Bertz CT molecular complexity index is 674. The van der Waals surface area contributed by atoms with Gasteiger partial charge in [-0.3, -0.25) is 4.79 Å². The van der Waals surface area contributed by atoms with Crippen LogP contribution in [-0.2, 0) is 0 Å². The van der Waals surface area contributed by atoms with E-state index < -0.39 is 0 Å². The van der Waals surface area contributed by atoms with Gasteiger partial charge >= 0.3 is 0 Å². The molecule has 0 spiro atoms. The predicted molar refractivity (Wildman–Crippen MR) is 90.9 cm³/mol. The molecule has 2 aromatic rings. The molecule has 0 radical (unpaired) electrons. The van der Waals surface area contributed by atoms with Crippen molar-refractivity contribution in [2.45, 2.75) is 6.42 Å². The molecular formula is C19H20N2O. The van der Waals surface area contributed by atoms with Crippen LogP contribution in [-0.4, -0.2) is 30.9 Å². The maximum absolute atomic E-state index is 12.1. The zero-order valence-electron chi connectivity index (χ0n) is 12.8. The summed E-state index contributed by atoms with van der Waals surface area (Å²) in [6, 6.07) is 17.3. The van der Waals surface area contributed by atoms with E-state index >= 15 is 0 Å². The molecule has 1 N–H and O–H groups in total. The van der Waals surface area contributed by atoms with Gasteiger partial charge in [-0.2, -0.15) is 0 Å². The Kier molecular flexibility index (Phi) is 4.35. The lowest BCUT2D eigenvalue weighted by atomic mass is 10.0. The minimum Gasteiger partial charge on any atom is -0.322 e. The number of hydrogen-bond donors (Lipinski definition) is 1. The minimum absolute atomic E-state index is 0.0787. The Balaban J connectivity index is 1.69. The SMILES string of the molecule is CN1CCC=C(c2ccc(NC(=O)c3ccccc3)cc2)C1. The average Bonchev–Trinajstić information content (AvgIpc) is 2.56. The number of rotatable bonds is 3. The van der Waals surface area contributed by atoms with E-state index in [9.17, 15) is 4.79 Å². The summed E-state index contributed by atoms with van der Waals surface area (Å²) in [6.07, 6.45) is 3.40. The first-order chi connectivity index (χ1) is 10.7. The van der Waals surface area contributed by atoms with Gasteiger partial charge in [0.1, 0.15) is 0 Å². The van der Waals surface area contributed by atoms with Crippen molar-refractivity contribution in [1.29, 1.82) is 0 Å². The highest BCUT2D eigenvalue weighted by Gasteiger charge is 2.10. The van der Waals surface area contributed by atoms with Crippen molar-refractivity contribution < 1.29 is 4.79 Å². The van der Waals surface area contributed by atoms with Crippen molar-refractivity contribution in [3.05, 3.63) is 71.8 Å². The lowest BCUT2D eigenvalue weighted by molar-refractivity contribution is 0.102. The molecule has 0 saturated carbocycles. The molecule has 0 aliphatic carbocycles. The van der Waals surface area contributed by atoms with Gasteiger partial charge < -0.3 is 10.2 Å². The monoisotopic (exact) mass is 292 g/mol. The molecule has 0 saturated heterocycles. The van der Waals surface area contributed by atoms with Crippen molar-refractivity contribution in [3.63, 3.8) is 0 Å². The van der Waals surface area contributed by atoms with Crippen LogP contribution in [0.25, 0.3) is 5.57 Å². The Morgan fingerprint density at radius 1 is 1.05 bits per heavy atom. The first-order valence-electron chi connectivity index (χ1n) is 7.57. The van der Waals surface area contributed by atoms with Crippen LogP contribution < -0.4 is 5.32 Å². The van der Waals surface area contributed by atoms with Crippen molar-refractivity contribution in [1.82, 2.24) is 4.90 Å². The molecule has 0 bridgehead atoms. The van der Waals surface area contributed by atoms with E-state index in [1.807, 2.05) is 42.5 Å². The van der Waals surface area contributed by atoms with E-state index in [2.05, 4.69) is 35.5 Å². The molecule has 0 unspecified atom stereocenters. The van der Waals surface area contributed by atoms with E-state index in [0.29, 0.717) is 5.56 Å². The third kappa shape index (κ3) is 3.43. The number of benzene rings is 2. The summed E-state index contributed by atoms with van der Waals surface area (Å²) in [5.74, 6) is -0.0787. The van der Waals surface area contributed by atoms with Crippen LogP contribution in [0, 0.1) is 0 Å². The van der Waals surface area contributed by atoms with Gasteiger partial charge in [-0.25, -0.2) is 0 Å². The van der Waals surface area contributed by atoms with Crippen molar-refractivity contribution >= 4 is 17.2 Å². The highest BCUT2D eigenvalue weighted by molar-refractivity contribution is 6.04. The van der Waals surface area contributed by atoms with Gasteiger partial charge in [-0.15, -0.1) is 0 Å². The Labute approximate surface area is 131 Å². The molecule has 1 aliphatic heterocycles. The van der Waals surface area contributed by atoms with Crippen LogP contribution >= 0.6 is 0 Å². The molecule has 2 aromatic carbocycles. The van der Waals surface area contributed by atoms with E-state index in [4.69, 9.17) is 0 Å². The van der Waals surface area contributed by atoms with Crippen LogP contribution in [0.1, 0.15) is 22.3 Å². The third-order valence-corrected chi connectivity index (χ3v) is 3.89. The average molecular weight is 292 g/mol. The first-order valence-corrected chi connectivity index (χ1v) is 7.57. The summed E-state index contributed by atoms with van der Waals surface area (Å²) in [5.41, 5.74) is 4.07. The number of hydrogen-bond acceptors (Lipinski definition) is 2. The van der Waals surface area contributed by atoms with Gasteiger partial charge in [0.25, 0.3) is 5.91 Å². The Morgan fingerprint density at radius 3 is 2.45 bits per heavy atom. The van der Waals surface area contributed by atoms with E-state index in [0.717, 1.165) is 25.2 Å². The number of nitrogens with zero attached hydrogens (tertiary/aromatic N) is 1. The van der Waals surface area contributed by atoms with Crippen LogP contribution in [0.5, 0.6) is 0 Å². The smallest absolute Gasteiger partial charge is 0.255 e. The molecule has 3 heteroatoms. The lowest BCUT2D eigenvalue weighted by Crippen LogP contribution is -2.24. The van der Waals surface area contributed by atoms with Crippen LogP contribution in [0.2, 0.25) is 0 Å². The third-order valence-electron chi connectivity index (χ3n) is 3.89. The van der Waals surface area contributed by atoms with Gasteiger partial charge in [0, 0.05) is 24.3 Å². The van der Waals surface area contributed by atoms with Gasteiger partial charge in [0.05, 0.1) is 0 Å². The molecule has 0 atom stereocenters. The zero-order valence-corrected chi connectivity index (χ0v) is 12.8. The zero-order chi connectivity index (χ0) is 15.4. The summed E-state index contributed by atoms with van der Waals surface area (Å²) in [5, 5.41) is 2.93. The van der Waals surface area contributed by atoms with E-state index in [1.165, 1.54) is 11.1 Å². The van der Waals surface area contributed by atoms with Crippen molar-refractivity contribution in [2.24, 2.45) is 0 Å². The fourth-order valence-corrected chi connectivity index (χ4v) is 2.66. The summed E-state index contributed by atoms with van der Waals surface area (Å²) in [4.78, 5) is 14.4. The van der Waals surface area contributed by atoms with E-state index in [-0.39, 0.29) is 5.91 Å². The fraction of sp³-hybridized carbons (Fsp3) is 0.211. The molecule has 3 nitrogen and oxygen atoms in total. The van der Waals surface area contributed by atoms with Gasteiger partial charge in [0.2, 0.25) is 0 Å². The first kappa shape index (κ1) is 14.5. The maximum Gasteiger partial charge on any atom is 0.255 e. The normalized spacial score (nSPS) is 15.2. The summed E-state index contributed by atoms with van der Waals surface area (Å²) < 4.78 is 0. The molecule has 22 heavy (non-hydrogen) atoms. The predicted octanol–water partition coefficient (Wildman–Crippen LogP) is 3.66. The van der Waals surface area contributed by atoms with Crippen LogP contribution in [0.3, 0.4) is 0 Å². The van der Waals surface area contributed by atoms with E-state index in [1.54, 1.807) is 0 Å². The van der Waals surface area contributed by atoms with Crippen LogP contribution in [0.4, 0.5) is 5.69 Å². The number of amides is 1. The minimum atomic E-state index is -0.0787. The maximum atomic E-state index is 12.1. The molecule has 0 fully saturated rings. The molecule has 112 valence electrons. The number of carbonyl (C=O) groups is 1. The number of anilines is 1. The number of likely N-dealkylation sites (N-methyl/N-ethyl adjacent to an activating group) is 1. The summed E-state index contributed by atoms with van der Waals surface area (Å²) >= 11 is 0. The Hall–Kier alpha value is -2.39. The second kappa shape index (κ2) is 6.58. The number of carbonyl (C=O) groups excluding carboxylic acids is 1. The standard InChI is InChI=1S/C19H20N2O/c1-21-13-5-8-17(14-21)15-9-11-18(12-10-15)20-19(22)16-6-3-2-4-7-16/h2-4,6-12H,5,13-14H2,1H3,(H,20,22). The van der Waals surface area contributed by atoms with Crippen molar-refractivity contribution in [3.8, 4) is 0 Å². The van der Waals surface area contributed by atoms with Crippen LogP contribution in [0.15, 0.2) is 60.7 Å². The fourth-order valence-electron chi connectivity index (χ4n) is 2.66. The molecule has 0 aromatic heterocycles. The highest BCUT2D eigenvalue weighted by Crippen LogP contribution is 2.22. The summed E-state index contributed by atoms with van der Waals surface area (Å²) in [7, 11) is 2.14. The van der Waals surface area contributed by atoms with Gasteiger partial charge in [-0.1, -0.05) is 36.4 Å². The molecule has 1 amide bonds. The van der Waals surface area contributed by atoms with Gasteiger partial charge in [0.15, 0.2) is 0 Å². The Morgan fingerprint density at radius 2 is 1.77 bits per heavy atom. The molecule has 3 rings (SSSR count). The van der Waals surface area contributed by atoms with Crippen molar-refractivity contribution in [2.75, 3.05) is 25.5 Å². The topological polar surface area (TPSA) is 32.3 Å². The molecular weight excluding hydrogens is 272 g/mol. The molecule has 1 heterocycles. The lowest BCUT2D eigenvalue weighted by Gasteiger charge is -2.23. The largest absolute Gasteiger partial charge is 0.322 e. The highest BCUT2D eigenvalue weighted by atomic mass is 16.1. The second-order valence-electron chi connectivity index (χ2n) is 5.65. The number of nitrogens with one attached hydrogen (secondary N) is 1. The summed E-state index contributed by atoms with van der Waals surface area (Å²) in [6.45, 7) is 2.10. The second-order valence-corrected chi connectivity index (χ2v) is 5.65. The quantitative estimate of drug-likeness (QED) is 0.936.